The first-order valence-corrected chi connectivity index (χ1v) is 9.33. The highest BCUT2D eigenvalue weighted by Crippen LogP contribution is 2.49. The van der Waals surface area contributed by atoms with E-state index < -0.39 is 16.9 Å². The molecule has 2 aromatic rings. The number of ether oxygens (including phenoxy) is 1. The Morgan fingerprint density at radius 2 is 1.79 bits per heavy atom. The number of hydrogen-bond acceptors (Lipinski definition) is 4. The Morgan fingerprint density at radius 1 is 1.17 bits per heavy atom. The Labute approximate surface area is 174 Å². The molecule has 0 spiro atoms. The molecule has 0 aliphatic carbocycles. The van der Waals surface area contributed by atoms with Gasteiger partial charge in [-0.25, -0.2) is 13.8 Å². The van der Waals surface area contributed by atoms with Gasteiger partial charge in [0.1, 0.15) is 5.02 Å². The van der Waals surface area contributed by atoms with Gasteiger partial charge in [-0.2, -0.15) is 0 Å². The number of anilines is 1. The van der Waals surface area contributed by atoms with Gasteiger partial charge in [-0.1, -0.05) is 50.1 Å². The van der Waals surface area contributed by atoms with Crippen molar-refractivity contribution >= 4 is 23.2 Å². The molecule has 0 saturated carbocycles. The summed E-state index contributed by atoms with van der Waals surface area (Å²) >= 11 is 6.25. The van der Waals surface area contributed by atoms with Crippen molar-refractivity contribution in [2.24, 2.45) is 5.41 Å². The van der Waals surface area contributed by atoms with Crippen LogP contribution in [0.15, 0.2) is 30.5 Å². The molecule has 0 fully saturated rings. The molecular formula is C21H25ClF2N2O3. The van der Waals surface area contributed by atoms with Crippen molar-refractivity contribution in [3.05, 3.63) is 52.2 Å². The van der Waals surface area contributed by atoms with Crippen molar-refractivity contribution in [3.63, 3.8) is 0 Å². The highest BCUT2D eigenvalue weighted by molar-refractivity contribution is 6.32. The number of aromatic nitrogens is 1. The third-order valence-corrected chi connectivity index (χ3v) is 4.94. The minimum Gasteiger partial charge on any atom is -0.480 e. The summed E-state index contributed by atoms with van der Waals surface area (Å²) in [4.78, 5) is 16.4. The zero-order valence-corrected chi connectivity index (χ0v) is 18.0. The lowest BCUT2D eigenvalue weighted by Crippen LogP contribution is -2.45. The highest BCUT2D eigenvalue weighted by atomic mass is 35.5. The molecule has 1 heterocycles. The molecule has 2 rings (SSSR count). The zero-order chi connectivity index (χ0) is 22.2. The number of carbonyl (C=O) groups is 1. The maximum Gasteiger partial charge on any atom is 0.281 e. The molecule has 1 amide bonds. The van der Waals surface area contributed by atoms with Crippen LogP contribution in [0.2, 0.25) is 5.02 Å². The first-order chi connectivity index (χ1) is 13.2. The Balaban J connectivity index is 2.81. The summed E-state index contributed by atoms with van der Waals surface area (Å²) in [5, 5.41) is 13.9. The lowest BCUT2D eigenvalue weighted by Gasteiger charge is -2.37. The fourth-order valence-corrected chi connectivity index (χ4v) is 3.17. The number of carbonyl (C=O) groups excluding carboxylic acids is 1. The SMILES string of the molecule is COc1nccc(C(O)(c2cc(C)ccc2NC(=O)C(C)(C)C)C(C)(F)F)c1Cl. The first kappa shape index (κ1) is 23.0. The summed E-state index contributed by atoms with van der Waals surface area (Å²) in [7, 11) is 1.29. The second kappa shape index (κ2) is 7.88. The number of amides is 1. The molecule has 158 valence electrons. The van der Waals surface area contributed by atoms with Gasteiger partial charge in [0.05, 0.1) is 7.11 Å². The predicted octanol–water partition coefficient (Wildman–Crippen LogP) is 4.93. The Kier molecular flexibility index (Phi) is 6.26. The van der Waals surface area contributed by atoms with Gasteiger partial charge >= 0.3 is 0 Å². The number of benzene rings is 1. The van der Waals surface area contributed by atoms with Crippen LogP contribution in [0.4, 0.5) is 14.5 Å². The van der Waals surface area contributed by atoms with Gasteiger partial charge in [0.15, 0.2) is 5.60 Å². The summed E-state index contributed by atoms with van der Waals surface area (Å²) in [5.74, 6) is -4.15. The fourth-order valence-electron chi connectivity index (χ4n) is 2.84. The Morgan fingerprint density at radius 3 is 2.31 bits per heavy atom. The monoisotopic (exact) mass is 426 g/mol. The van der Waals surface area contributed by atoms with Crippen molar-refractivity contribution in [2.75, 3.05) is 12.4 Å². The number of rotatable bonds is 5. The minimum absolute atomic E-state index is 0.0615. The van der Waals surface area contributed by atoms with E-state index in [0.29, 0.717) is 12.5 Å². The van der Waals surface area contributed by atoms with Gasteiger partial charge < -0.3 is 15.2 Å². The van der Waals surface area contributed by atoms with E-state index in [1.54, 1.807) is 33.8 Å². The van der Waals surface area contributed by atoms with Crippen LogP contribution in [0.1, 0.15) is 44.4 Å². The van der Waals surface area contributed by atoms with Crippen LogP contribution in [-0.2, 0) is 10.4 Å². The van der Waals surface area contributed by atoms with E-state index in [4.69, 9.17) is 16.3 Å². The van der Waals surface area contributed by atoms with E-state index in [1.165, 1.54) is 31.5 Å². The molecule has 2 N–H and O–H groups in total. The maximum absolute atomic E-state index is 15.0. The number of nitrogens with one attached hydrogen (secondary N) is 1. The van der Waals surface area contributed by atoms with E-state index in [1.807, 2.05) is 0 Å². The van der Waals surface area contributed by atoms with Gasteiger partial charge in [0, 0.05) is 35.3 Å². The minimum atomic E-state index is -3.67. The topological polar surface area (TPSA) is 71.5 Å². The average molecular weight is 427 g/mol. The first-order valence-electron chi connectivity index (χ1n) is 8.95. The van der Waals surface area contributed by atoms with Gasteiger partial charge in [-0.05, 0) is 19.1 Å². The molecule has 8 heteroatoms. The molecule has 0 radical (unpaired) electrons. The van der Waals surface area contributed by atoms with Crippen molar-refractivity contribution in [1.82, 2.24) is 4.98 Å². The largest absolute Gasteiger partial charge is 0.480 e. The third kappa shape index (κ3) is 4.36. The van der Waals surface area contributed by atoms with Crippen molar-refractivity contribution in [3.8, 4) is 5.88 Å². The molecule has 1 unspecified atom stereocenters. The summed E-state index contributed by atoms with van der Waals surface area (Å²) < 4.78 is 34.9. The lowest BCUT2D eigenvalue weighted by atomic mass is 9.80. The average Bonchev–Trinajstić information content (AvgIpc) is 2.61. The van der Waals surface area contributed by atoms with Crippen LogP contribution < -0.4 is 10.1 Å². The highest BCUT2D eigenvalue weighted by Gasteiger charge is 2.54. The van der Waals surface area contributed by atoms with Crippen LogP contribution >= 0.6 is 11.6 Å². The van der Waals surface area contributed by atoms with E-state index in [-0.39, 0.29) is 33.6 Å². The summed E-state index contributed by atoms with van der Waals surface area (Å²) in [6, 6.07) is 5.75. The van der Waals surface area contributed by atoms with Crippen molar-refractivity contribution in [2.45, 2.75) is 46.1 Å². The van der Waals surface area contributed by atoms with Gasteiger partial charge in [-0.3, -0.25) is 4.79 Å². The van der Waals surface area contributed by atoms with Crippen LogP contribution in [-0.4, -0.2) is 29.0 Å². The number of alkyl halides is 2. The zero-order valence-electron chi connectivity index (χ0n) is 17.2. The van der Waals surface area contributed by atoms with E-state index >= 15 is 0 Å². The van der Waals surface area contributed by atoms with E-state index in [2.05, 4.69) is 10.3 Å². The van der Waals surface area contributed by atoms with Crippen LogP contribution in [0, 0.1) is 12.3 Å². The molecule has 0 saturated heterocycles. The molecule has 1 atom stereocenters. The second-order valence-electron chi connectivity index (χ2n) is 8.03. The van der Waals surface area contributed by atoms with Crippen molar-refractivity contribution in [1.29, 1.82) is 0 Å². The van der Waals surface area contributed by atoms with Crippen LogP contribution in [0.25, 0.3) is 0 Å². The number of methoxy groups -OCH3 is 1. The molecule has 1 aromatic heterocycles. The fraction of sp³-hybridized carbons (Fsp3) is 0.429. The number of nitrogens with zero attached hydrogens (tertiary/aromatic N) is 1. The summed E-state index contributed by atoms with van der Waals surface area (Å²) in [6.07, 6.45) is 1.22. The summed E-state index contributed by atoms with van der Waals surface area (Å²) in [5.41, 5.74) is -3.41. The maximum atomic E-state index is 15.0. The van der Waals surface area contributed by atoms with E-state index in [0.717, 1.165) is 0 Å². The van der Waals surface area contributed by atoms with Crippen molar-refractivity contribution < 1.29 is 23.4 Å². The number of aryl methyl sites for hydroxylation is 1. The van der Waals surface area contributed by atoms with Gasteiger partial charge in [0.2, 0.25) is 11.8 Å². The standard InChI is InChI=1S/C21H25ClF2N2O3/c1-12-7-8-15(26-18(27)19(2,3)4)14(11-12)21(28,20(5,23)24)13-9-10-25-17(29-6)16(13)22/h7-11,28H,1-6H3,(H,26,27). The Hall–Kier alpha value is -2.25. The quantitative estimate of drug-likeness (QED) is 0.711. The lowest BCUT2D eigenvalue weighted by molar-refractivity contribution is -0.151. The number of halogens is 3. The number of aliphatic hydroxyl groups is 1. The van der Waals surface area contributed by atoms with Gasteiger partial charge in [0.25, 0.3) is 5.92 Å². The third-order valence-electron chi connectivity index (χ3n) is 4.57. The van der Waals surface area contributed by atoms with Crippen LogP contribution in [0.3, 0.4) is 0 Å². The Bertz CT molecular complexity index is 923. The molecule has 0 aliphatic heterocycles. The second-order valence-corrected chi connectivity index (χ2v) is 8.41. The molecule has 5 nitrogen and oxygen atoms in total. The smallest absolute Gasteiger partial charge is 0.281 e. The molecule has 0 aliphatic rings. The number of hydrogen-bond donors (Lipinski definition) is 2. The normalized spacial score (nSPS) is 14.3. The number of pyridine rings is 1. The summed E-state index contributed by atoms with van der Waals surface area (Å²) in [6.45, 7) is 7.37. The van der Waals surface area contributed by atoms with Gasteiger partial charge in [-0.15, -0.1) is 0 Å². The molecule has 29 heavy (non-hydrogen) atoms. The molecule has 0 bridgehead atoms. The predicted molar refractivity (Wildman–Crippen MR) is 109 cm³/mol. The molecular weight excluding hydrogens is 402 g/mol. The molecule has 1 aromatic carbocycles. The van der Waals surface area contributed by atoms with E-state index in [9.17, 15) is 18.7 Å². The van der Waals surface area contributed by atoms with Crippen LogP contribution in [0.5, 0.6) is 5.88 Å².